The lowest BCUT2D eigenvalue weighted by Gasteiger charge is -2.33. The number of rotatable bonds is 4. The first-order valence-corrected chi connectivity index (χ1v) is 8.93. The van der Waals surface area contributed by atoms with Crippen LogP contribution in [0.25, 0.3) is 0 Å². The van der Waals surface area contributed by atoms with Crippen molar-refractivity contribution in [2.45, 2.75) is 37.3 Å². The van der Waals surface area contributed by atoms with Gasteiger partial charge in [0.15, 0.2) is 5.03 Å². The van der Waals surface area contributed by atoms with Crippen molar-refractivity contribution in [3.8, 4) is 0 Å². The van der Waals surface area contributed by atoms with E-state index in [-0.39, 0.29) is 11.1 Å². The molecule has 1 aliphatic carbocycles. The van der Waals surface area contributed by atoms with Crippen molar-refractivity contribution in [3.05, 3.63) is 41.9 Å². The molecule has 0 amide bonds. The Morgan fingerprint density at radius 3 is 2.86 bits per heavy atom. The average Bonchev–Trinajstić information content (AvgIpc) is 2.95. The van der Waals surface area contributed by atoms with Crippen molar-refractivity contribution < 1.29 is 8.42 Å². The smallest absolute Gasteiger partial charge is 0.259 e. The normalized spacial score (nSPS) is 18.4. The largest absolute Gasteiger partial charge is 0.260 e. The molecule has 0 radical (unpaired) electrons. The molecule has 1 atom stereocenters. The molecule has 22 heavy (non-hydrogen) atoms. The molecule has 0 spiro atoms. The van der Waals surface area contributed by atoms with E-state index in [4.69, 9.17) is 0 Å². The van der Waals surface area contributed by atoms with Crippen LogP contribution in [0.3, 0.4) is 0 Å². The molecule has 7 heteroatoms. The molecule has 6 nitrogen and oxygen atoms in total. The van der Waals surface area contributed by atoms with Crippen molar-refractivity contribution in [3.63, 3.8) is 0 Å². The number of aryl methyl sites for hydroxylation is 2. The minimum Gasteiger partial charge on any atom is -0.259 e. The standard InChI is InChI=1S/C15H20N4O2S/c1-3-19(22(20,21)14-9-11-17-18(14)2)13-8-4-6-12-7-5-10-16-15(12)13/h5,7,9-11,13H,3-4,6,8H2,1-2H3. The van der Waals surface area contributed by atoms with Gasteiger partial charge in [0.05, 0.1) is 17.9 Å². The monoisotopic (exact) mass is 320 g/mol. The van der Waals surface area contributed by atoms with E-state index in [1.807, 2.05) is 19.1 Å². The molecule has 0 saturated heterocycles. The third-order valence-electron chi connectivity index (χ3n) is 4.17. The van der Waals surface area contributed by atoms with Crippen molar-refractivity contribution in [2.24, 2.45) is 7.05 Å². The molecular formula is C15H20N4O2S. The Kier molecular flexibility index (Phi) is 4.01. The lowest BCUT2D eigenvalue weighted by atomic mass is 9.92. The highest BCUT2D eigenvalue weighted by atomic mass is 32.2. The van der Waals surface area contributed by atoms with E-state index in [0.29, 0.717) is 6.54 Å². The Bertz CT molecular complexity index is 769. The first kappa shape index (κ1) is 15.2. The molecule has 118 valence electrons. The predicted molar refractivity (Wildman–Crippen MR) is 82.7 cm³/mol. The molecule has 2 heterocycles. The Balaban J connectivity index is 2.05. The number of fused-ring (bicyclic) bond motifs is 1. The molecule has 2 aromatic heterocycles. The van der Waals surface area contributed by atoms with Gasteiger partial charge in [-0.3, -0.25) is 9.67 Å². The van der Waals surface area contributed by atoms with Crippen LogP contribution in [0.4, 0.5) is 0 Å². The van der Waals surface area contributed by atoms with Crippen LogP contribution in [0, 0.1) is 0 Å². The average molecular weight is 320 g/mol. The van der Waals surface area contributed by atoms with E-state index in [9.17, 15) is 8.42 Å². The quantitative estimate of drug-likeness (QED) is 0.863. The number of hydrogen-bond donors (Lipinski definition) is 0. The molecule has 0 fully saturated rings. The van der Waals surface area contributed by atoms with Gasteiger partial charge in [0.25, 0.3) is 10.0 Å². The number of pyridine rings is 1. The highest BCUT2D eigenvalue weighted by Crippen LogP contribution is 2.35. The molecule has 3 rings (SSSR count). The molecule has 0 bridgehead atoms. The van der Waals surface area contributed by atoms with Gasteiger partial charge >= 0.3 is 0 Å². The topological polar surface area (TPSA) is 68.1 Å². The number of sulfonamides is 1. The lowest BCUT2D eigenvalue weighted by molar-refractivity contribution is 0.296. The van der Waals surface area contributed by atoms with Crippen LogP contribution in [-0.4, -0.2) is 34.0 Å². The third kappa shape index (κ3) is 2.44. The van der Waals surface area contributed by atoms with E-state index < -0.39 is 10.0 Å². The maximum absolute atomic E-state index is 13.0. The first-order valence-electron chi connectivity index (χ1n) is 7.49. The highest BCUT2D eigenvalue weighted by molar-refractivity contribution is 7.89. The van der Waals surface area contributed by atoms with Crippen molar-refractivity contribution in [2.75, 3.05) is 6.54 Å². The summed E-state index contributed by atoms with van der Waals surface area (Å²) in [5.41, 5.74) is 2.04. The van der Waals surface area contributed by atoms with Gasteiger partial charge in [-0.2, -0.15) is 9.40 Å². The summed E-state index contributed by atoms with van der Waals surface area (Å²) in [5.74, 6) is 0. The van der Waals surface area contributed by atoms with Crippen molar-refractivity contribution >= 4 is 10.0 Å². The first-order chi connectivity index (χ1) is 10.6. The fourth-order valence-electron chi connectivity index (χ4n) is 3.16. The number of hydrogen-bond acceptors (Lipinski definition) is 4. The van der Waals surface area contributed by atoms with Gasteiger partial charge in [-0.15, -0.1) is 0 Å². The van der Waals surface area contributed by atoms with Crippen LogP contribution < -0.4 is 0 Å². The van der Waals surface area contributed by atoms with Gasteiger partial charge in [0.1, 0.15) is 0 Å². The summed E-state index contributed by atoms with van der Waals surface area (Å²) in [6.45, 7) is 2.28. The highest BCUT2D eigenvalue weighted by Gasteiger charge is 2.36. The molecule has 2 aromatic rings. The molecule has 0 aliphatic heterocycles. The zero-order valence-corrected chi connectivity index (χ0v) is 13.6. The van der Waals surface area contributed by atoms with E-state index >= 15 is 0 Å². The van der Waals surface area contributed by atoms with Gasteiger partial charge < -0.3 is 0 Å². The SMILES string of the molecule is CCN(C1CCCc2cccnc21)S(=O)(=O)c1ccnn1C. The van der Waals surface area contributed by atoms with E-state index in [1.54, 1.807) is 23.6 Å². The molecular weight excluding hydrogens is 300 g/mol. The Morgan fingerprint density at radius 1 is 1.36 bits per heavy atom. The molecule has 1 aliphatic rings. The minimum absolute atomic E-state index is 0.199. The summed E-state index contributed by atoms with van der Waals surface area (Å²) in [4.78, 5) is 4.46. The minimum atomic E-state index is -3.59. The Hall–Kier alpha value is -1.73. The fourth-order valence-corrected chi connectivity index (χ4v) is 4.89. The van der Waals surface area contributed by atoms with Crippen LogP contribution in [0.5, 0.6) is 0 Å². The van der Waals surface area contributed by atoms with Crippen LogP contribution in [0.15, 0.2) is 35.6 Å². The van der Waals surface area contributed by atoms with Crippen LogP contribution in [0.1, 0.15) is 37.1 Å². The van der Waals surface area contributed by atoms with Gasteiger partial charge in [0, 0.05) is 19.8 Å². The zero-order valence-electron chi connectivity index (χ0n) is 12.8. The van der Waals surface area contributed by atoms with Crippen molar-refractivity contribution in [1.29, 1.82) is 0 Å². The third-order valence-corrected chi connectivity index (χ3v) is 6.23. The molecule has 0 N–H and O–H groups in total. The second-order valence-electron chi connectivity index (χ2n) is 5.46. The summed E-state index contributed by atoms with van der Waals surface area (Å²) in [6, 6.07) is 5.29. The summed E-state index contributed by atoms with van der Waals surface area (Å²) in [5, 5.41) is 4.20. The van der Waals surface area contributed by atoms with E-state index in [2.05, 4.69) is 10.1 Å². The predicted octanol–water partition coefficient (Wildman–Crippen LogP) is 1.90. The number of aromatic nitrogens is 3. The zero-order chi connectivity index (χ0) is 15.7. The maximum Gasteiger partial charge on any atom is 0.260 e. The second kappa shape index (κ2) is 5.81. The summed E-state index contributed by atoms with van der Waals surface area (Å²) in [7, 11) is -1.94. The summed E-state index contributed by atoms with van der Waals surface area (Å²) < 4.78 is 28.9. The van der Waals surface area contributed by atoms with E-state index in [1.165, 1.54) is 10.9 Å². The second-order valence-corrected chi connectivity index (χ2v) is 7.29. The van der Waals surface area contributed by atoms with Crippen LogP contribution >= 0.6 is 0 Å². The van der Waals surface area contributed by atoms with Gasteiger partial charge in [0.2, 0.25) is 0 Å². The molecule has 0 saturated carbocycles. The van der Waals surface area contributed by atoms with E-state index in [0.717, 1.165) is 30.5 Å². The fraction of sp³-hybridized carbons (Fsp3) is 0.467. The van der Waals surface area contributed by atoms with Crippen molar-refractivity contribution in [1.82, 2.24) is 19.1 Å². The Morgan fingerprint density at radius 2 is 2.18 bits per heavy atom. The number of nitrogens with zero attached hydrogens (tertiary/aromatic N) is 4. The summed E-state index contributed by atoms with van der Waals surface area (Å²) >= 11 is 0. The van der Waals surface area contributed by atoms with Gasteiger partial charge in [-0.1, -0.05) is 13.0 Å². The molecule has 1 unspecified atom stereocenters. The van der Waals surface area contributed by atoms with Crippen LogP contribution in [0.2, 0.25) is 0 Å². The van der Waals surface area contributed by atoms with Crippen LogP contribution in [-0.2, 0) is 23.5 Å². The maximum atomic E-state index is 13.0. The summed E-state index contributed by atoms with van der Waals surface area (Å²) in [6.07, 6.45) is 5.98. The van der Waals surface area contributed by atoms with Gasteiger partial charge in [-0.25, -0.2) is 8.42 Å². The molecule has 0 aromatic carbocycles. The van der Waals surface area contributed by atoms with Gasteiger partial charge in [-0.05, 0) is 37.0 Å². The Labute approximate surface area is 130 Å². The lowest BCUT2D eigenvalue weighted by Crippen LogP contribution is -2.37.